The molecule has 2 N–H and O–H groups in total. The van der Waals surface area contributed by atoms with Gasteiger partial charge in [0.05, 0.1) is 6.54 Å². The van der Waals surface area contributed by atoms with Crippen LogP contribution in [-0.2, 0) is 6.54 Å². The van der Waals surface area contributed by atoms with Crippen LogP contribution in [-0.4, -0.2) is 23.4 Å². The fourth-order valence-corrected chi connectivity index (χ4v) is 1.17. The molecule has 0 saturated heterocycles. The number of rotatable bonds is 3. The first-order valence-electron chi connectivity index (χ1n) is 4.53. The molecule has 5 heteroatoms. The van der Waals surface area contributed by atoms with Gasteiger partial charge in [0, 0.05) is 17.7 Å². The van der Waals surface area contributed by atoms with Crippen molar-refractivity contribution in [2.24, 2.45) is 0 Å². The van der Waals surface area contributed by atoms with Crippen molar-refractivity contribution in [1.82, 2.24) is 15.1 Å². The molecule has 1 aromatic rings. The zero-order valence-electron chi connectivity index (χ0n) is 8.68. The third kappa shape index (κ3) is 1.93. The van der Waals surface area contributed by atoms with E-state index in [1.165, 1.54) is 4.68 Å². The normalized spacial score (nSPS) is 10.5. The van der Waals surface area contributed by atoms with Gasteiger partial charge in [-0.25, -0.2) is 4.68 Å². The van der Waals surface area contributed by atoms with Gasteiger partial charge in [0.25, 0.3) is 11.1 Å². The number of hydrogen-bond acceptors (Lipinski definition) is 3. The van der Waals surface area contributed by atoms with Crippen LogP contribution < -0.4 is 16.4 Å². The van der Waals surface area contributed by atoms with Gasteiger partial charge in [0.1, 0.15) is 0 Å². The highest BCUT2D eigenvalue weighted by Gasteiger charge is 2.05. The van der Waals surface area contributed by atoms with Crippen LogP contribution in [0.2, 0.25) is 0 Å². The fourth-order valence-electron chi connectivity index (χ4n) is 1.17. The minimum Gasteiger partial charge on any atom is -0.318 e. The Balaban J connectivity index is 3.20. The summed E-state index contributed by atoms with van der Waals surface area (Å²) in [5.74, 6) is 0. The largest absolute Gasteiger partial charge is 0.318 e. The van der Waals surface area contributed by atoms with Crippen LogP contribution in [0.3, 0.4) is 0 Å². The van der Waals surface area contributed by atoms with E-state index in [9.17, 15) is 9.59 Å². The Labute approximate surface area is 81.7 Å². The summed E-state index contributed by atoms with van der Waals surface area (Å²) in [6, 6.07) is 0. The summed E-state index contributed by atoms with van der Waals surface area (Å²) in [5, 5.41) is 5.44. The molecular weight excluding hydrogens is 182 g/mol. The van der Waals surface area contributed by atoms with Crippen molar-refractivity contribution in [3.05, 3.63) is 31.8 Å². The van der Waals surface area contributed by atoms with Crippen LogP contribution in [0.15, 0.2) is 9.59 Å². The zero-order chi connectivity index (χ0) is 10.7. The molecule has 0 aromatic carbocycles. The van der Waals surface area contributed by atoms with Crippen LogP contribution in [0.25, 0.3) is 0 Å². The molecule has 0 aliphatic rings. The van der Waals surface area contributed by atoms with E-state index in [2.05, 4.69) is 10.4 Å². The molecule has 0 unspecified atom stereocenters. The fraction of sp³-hybridized carbons (Fsp3) is 0.556. The SMILES string of the molecule is CNCCn1[nH]c(=O)c(C)c(C)c1=O. The maximum atomic E-state index is 11.6. The Morgan fingerprint density at radius 1 is 1.29 bits per heavy atom. The molecule has 0 atom stereocenters. The van der Waals surface area contributed by atoms with E-state index < -0.39 is 0 Å². The average Bonchev–Trinajstić information content (AvgIpc) is 2.18. The van der Waals surface area contributed by atoms with Crippen molar-refractivity contribution >= 4 is 0 Å². The van der Waals surface area contributed by atoms with Gasteiger partial charge in [0.15, 0.2) is 0 Å². The minimum absolute atomic E-state index is 0.127. The lowest BCUT2D eigenvalue weighted by atomic mass is 10.2. The van der Waals surface area contributed by atoms with E-state index in [4.69, 9.17) is 0 Å². The van der Waals surface area contributed by atoms with E-state index in [-0.39, 0.29) is 11.1 Å². The smallest absolute Gasteiger partial charge is 0.268 e. The van der Waals surface area contributed by atoms with Crippen LogP contribution in [0.1, 0.15) is 11.1 Å². The molecule has 1 aromatic heterocycles. The van der Waals surface area contributed by atoms with Gasteiger partial charge in [-0.3, -0.25) is 14.7 Å². The van der Waals surface area contributed by atoms with Gasteiger partial charge < -0.3 is 5.32 Å². The summed E-state index contributed by atoms with van der Waals surface area (Å²) >= 11 is 0. The Hall–Kier alpha value is -1.36. The summed E-state index contributed by atoms with van der Waals surface area (Å²) in [7, 11) is 1.80. The third-order valence-corrected chi connectivity index (χ3v) is 2.29. The van der Waals surface area contributed by atoms with Gasteiger partial charge >= 0.3 is 0 Å². The Morgan fingerprint density at radius 2 is 1.93 bits per heavy atom. The van der Waals surface area contributed by atoms with Crippen molar-refractivity contribution < 1.29 is 0 Å². The second-order valence-electron chi connectivity index (χ2n) is 3.25. The quantitative estimate of drug-likeness (QED) is 0.678. The van der Waals surface area contributed by atoms with Crippen molar-refractivity contribution in [2.45, 2.75) is 20.4 Å². The van der Waals surface area contributed by atoms with Crippen molar-refractivity contribution in [3.63, 3.8) is 0 Å². The van der Waals surface area contributed by atoms with Crippen molar-refractivity contribution in [3.8, 4) is 0 Å². The van der Waals surface area contributed by atoms with E-state index >= 15 is 0 Å². The minimum atomic E-state index is -0.196. The Kier molecular flexibility index (Phi) is 3.24. The molecule has 14 heavy (non-hydrogen) atoms. The summed E-state index contributed by atoms with van der Waals surface area (Å²) in [4.78, 5) is 23.0. The number of likely N-dealkylation sites (N-methyl/N-ethyl adjacent to an activating group) is 1. The molecule has 0 spiro atoms. The molecule has 0 radical (unpaired) electrons. The highest BCUT2D eigenvalue weighted by Crippen LogP contribution is 1.90. The molecule has 78 valence electrons. The molecule has 1 rings (SSSR count). The van der Waals surface area contributed by atoms with E-state index in [0.717, 1.165) is 0 Å². The van der Waals surface area contributed by atoms with Gasteiger partial charge in [-0.05, 0) is 20.9 Å². The molecule has 0 aliphatic heterocycles. The molecule has 0 bridgehead atoms. The maximum absolute atomic E-state index is 11.6. The highest BCUT2D eigenvalue weighted by molar-refractivity contribution is 5.17. The predicted molar refractivity (Wildman–Crippen MR) is 54.7 cm³/mol. The Morgan fingerprint density at radius 3 is 2.50 bits per heavy atom. The Bertz CT molecular complexity index is 431. The molecular formula is C9H15N3O2. The van der Waals surface area contributed by atoms with E-state index in [1.54, 1.807) is 20.9 Å². The highest BCUT2D eigenvalue weighted by atomic mass is 16.2. The number of hydrogen-bond donors (Lipinski definition) is 2. The zero-order valence-corrected chi connectivity index (χ0v) is 8.68. The lowest BCUT2D eigenvalue weighted by Gasteiger charge is -2.07. The lowest BCUT2D eigenvalue weighted by Crippen LogP contribution is -2.35. The van der Waals surface area contributed by atoms with Gasteiger partial charge in [0.2, 0.25) is 0 Å². The average molecular weight is 197 g/mol. The molecule has 5 nitrogen and oxygen atoms in total. The second-order valence-corrected chi connectivity index (χ2v) is 3.25. The lowest BCUT2D eigenvalue weighted by molar-refractivity contribution is 0.543. The molecule has 0 saturated carbocycles. The van der Waals surface area contributed by atoms with Crippen LogP contribution in [0, 0.1) is 13.8 Å². The maximum Gasteiger partial charge on any atom is 0.268 e. The molecule has 1 heterocycles. The number of aromatic amines is 1. The number of aromatic nitrogens is 2. The molecule has 0 amide bonds. The standard InChI is InChI=1S/C9H15N3O2/c1-6-7(2)9(14)12(5-4-10-3)11-8(6)13/h10H,4-5H2,1-3H3,(H,11,13). The number of nitrogens with zero attached hydrogens (tertiary/aromatic N) is 1. The van der Waals surface area contributed by atoms with Gasteiger partial charge in [-0.2, -0.15) is 0 Å². The topological polar surface area (TPSA) is 66.9 Å². The number of nitrogens with one attached hydrogen (secondary N) is 2. The molecule has 0 fully saturated rings. The third-order valence-electron chi connectivity index (χ3n) is 2.29. The first-order valence-corrected chi connectivity index (χ1v) is 4.53. The monoisotopic (exact) mass is 197 g/mol. The summed E-state index contributed by atoms with van der Waals surface area (Å²) in [6.07, 6.45) is 0. The predicted octanol–water partition coefficient (Wildman–Crippen LogP) is -0.627. The van der Waals surface area contributed by atoms with Crippen molar-refractivity contribution in [2.75, 3.05) is 13.6 Å². The van der Waals surface area contributed by atoms with Crippen LogP contribution in [0.5, 0.6) is 0 Å². The first kappa shape index (κ1) is 10.7. The second kappa shape index (κ2) is 4.23. The first-order chi connectivity index (χ1) is 6.57. The molecule has 0 aliphatic carbocycles. The number of H-pyrrole nitrogens is 1. The summed E-state index contributed by atoms with van der Waals surface area (Å²) in [5.41, 5.74) is 0.691. The van der Waals surface area contributed by atoms with Gasteiger partial charge in [-0.15, -0.1) is 0 Å². The summed E-state index contributed by atoms with van der Waals surface area (Å²) in [6.45, 7) is 4.45. The van der Waals surface area contributed by atoms with Crippen molar-refractivity contribution in [1.29, 1.82) is 0 Å². The van der Waals surface area contributed by atoms with Crippen LogP contribution >= 0.6 is 0 Å². The van der Waals surface area contributed by atoms with Gasteiger partial charge in [-0.1, -0.05) is 0 Å². The summed E-state index contributed by atoms with van der Waals surface area (Å²) < 4.78 is 1.33. The van der Waals surface area contributed by atoms with E-state index in [0.29, 0.717) is 24.2 Å². The van der Waals surface area contributed by atoms with Crippen LogP contribution in [0.4, 0.5) is 0 Å². The van der Waals surface area contributed by atoms with E-state index in [1.807, 2.05) is 0 Å².